The van der Waals surface area contributed by atoms with E-state index in [2.05, 4.69) is 5.32 Å². The quantitative estimate of drug-likeness (QED) is 0.561. The Labute approximate surface area is 124 Å². The summed E-state index contributed by atoms with van der Waals surface area (Å²) in [7, 11) is 0. The monoisotopic (exact) mass is 294 g/mol. The van der Waals surface area contributed by atoms with E-state index >= 15 is 0 Å². The maximum Gasteiger partial charge on any atom is 0.101 e. The highest BCUT2D eigenvalue weighted by molar-refractivity contribution is 6.20. The van der Waals surface area contributed by atoms with Crippen LogP contribution >= 0.6 is 11.6 Å². The minimum Gasteiger partial charge on any atom is -0.357 e. The second kappa shape index (κ2) is 6.89. The van der Waals surface area contributed by atoms with Gasteiger partial charge in [-0.05, 0) is 42.9 Å². The minimum absolute atomic E-state index is 0.334. The summed E-state index contributed by atoms with van der Waals surface area (Å²) < 4.78 is 13.2. The summed E-state index contributed by atoms with van der Waals surface area (Å²) in [6.45, 7) is 1.56. The van der Waals surface area contributed by atoms with Crippen molar-refractivity contribution in [3.8, 4) is 0 Å². The van der Waals surface area contributed by atoms with E-state index in [0.717, 1.165) is 35.4 Å². The first-order valence-corrected chi connectivity index (χ1v) is 7.47. The molecule has 4 heteroatoms. The Morgan fingerprint density at radius 2 is 2.20 bits per heavy atom. The van der Waals surface area contributed by atoms with Crippen LogP contribution in [0.15, 0.2) is 35.5 Å². The highest BCUT2D eigenvalue weighted by atomic mass is 35.5. The number of halogens is 2. The van der Waals surface area contributed by atoms with E-state index in [-0.39, 0.29) is 0 Å². The van der Waals surface area contributed by atoms with Gasteiger partial charge >= 0.3 is 0 Å². The van der Waals surface area contributed by atoms with Gasteiger partial charge in [-0.2, -0.15) is 0 Å². The van der Waals surface area contributed by atoms with Crippen molar-refractivity contribution in [3.63, 3.8) is 0 Å². The van der Waals surface area contributed by atoms with Crippen molar-refractivity contribution in [1.29, 1.82) is 5.41 Å². The highest BCUT2D eigenvalue weighted by Crippen LogP contribution is 2.37. The molecule has 0 aliphatic heterocycles. The van der Waals surface area contributed by atoms with Gasteiger partial charge in [0.1, 0.15) is 6.17 Å². The van der Waals surface area contributed by atoms with Crippen LogP contribution < -0.4 is 5.32 Å². The van der Waals surface area contributed by atoms with Crippen LogP contribution in [0.1, 0.15) is 25.3 Å². The lowest BCUT2D eigenvalue weighted by molar-refractivity contribution is 0.360. The van der Waals surface area contributed by atoms with Crippen LogP contribution in [0.2, 0.25) is 0 Å². The number of hydrogen-bond acceptors (Lipinski definition) is 2. The molecule has 1 aliphatic rings. The van der Waals surface area contributed by atoms with Crippen molar-refractivity contribution < 1.29 is 4.39 Å². The summed E-state index contributed by atoms with van der Waals surface area (Å²) >= 11 is 6.02. The van der Waals surface area contributed by atoms with Gasteiger partial charge in [0.2, 0.25) is 0 Å². The van der Waals surface area contributed by atoms with E-state index in [1.165, 1.54) is 6.21 Å². The number of hydrogen-bond donors (Lipinski definition) is 2. The van der Waals surface area contributed by atoms with E-state index in [0.29, 0.717) is 18.2 Å². The van der Waals surface area contributed by atoms with Gasteiger partial charge in [-0.1, -0.05) is 18.2 Å². The molecular weight excluding hydrogens is 275 g/mol. The second-order valence-electron chi connectivity index (χ2n) is 5.25. The lowest BCUT2D eigenvalue weighted by Crippen LogP contribution is -2.10. The van der Waals surface area contributed by atoms with E-state index in [4.69, 9.17) is 17.0 Å². The zero-order chi connectivity index (χ0) is 14.5. The molecule has 0 spiro atoms. The standard InChI is InChI=1S/C16H20ClFN2/c1-11(18)8-13-4-2-3-5-15(13)20-16(9-17)14(10-19)12-6-7-12/h2-5,10-12,19-20H,6-9H2,1H3/b16-14+,19-10?. The van der Waals surface area contributed by atoms with Crippen molar-refractivity contribution in [2.45, 2.75) is 32.4 Å². The molecule has 0 saturated heterocycles. The predicted molar refractivity (Wildman–Crippen MR) is 83.6 cm³/mol. The maximum absolute atomic E-state index is 13.2. The number of para-hydroxylation sites is 1. The molecule has 1 atom stereocenters. The number of allylic oxidation sites excluding steroid dienone is 2. The first-order chi connectivity index (χ1) is 9.65. The van der Waals surface area contributed by atoms with E-state index in [1.807, 2.05) is 24.3 Å². The lowest BCUT2D eigenvalue weighted by atomic mass is 10.1. The molecule has 108 valence electrons. The zero-order valence-electron chi connectivity index (χ0n) is 11.6. The summed E-state index contributed by atoms with van der Waals surface area (Å²) in [5.74, 6) is 0.793. The van der Waals surface area contributed by atoms with Crippen molar-refractivity contribution in [3.05, 3.63) is 41.1 Å². The van der Waals surface area contributed by atoms with Gasteiger partial charge in [-0.15, -0.1) is 11.6 Å². The van der Waals surface area contributed by atoms with Crippen LogP contribution in [0, 0.1) is 11.3 Å². The fourth-order valence-electron chi connectivity index (χ4n) is 2.31. The van der Waals surface area contributed by atoms with Gasteiger partial charge < -0.3 is 10.7 Å². The Balaban J connectivity index is 2.25. The number of alkyl halides is 2. The van der Waals surface area contributed by atoms with Crippen LogP contribution in [0.5, 0.6) is 0 Å². The van der Waals surface area contributed by atoms with Crippen molar-refractivity contribution >= 4 is 23.5 Å². The molecule has 1 saturated carbocycles. The molecule has 0 bridgehead atoms. The number of benzene rings is 1. The van der Waals surface area contributed by atoms with E-state index < -0.39 is 6.17 Å². The maximum atomic E-state index is 13.2. The molecule has 2 N–H and O–H groups in total. The molecule has 20 heavy (non-hydrogen) atoms. The number of anilines is 1. The fraction of sp³-hybridized carbons (Fsp3) is 0.438. The van der Waals surface area contributed by atoms with Gasteiger partial charge in [-0.25, -0.2) is 4.39 Å². The minimum atomic E-state index is -0.882. The molecule has 1 unspecified atom stereocenters. The molecule has 0 heterocycles. The Kier molecular flexibility index (Phi) is 5.18. The first-order valence-electron chi connectivity index (χ1n) is 6.94. The van der Waals surface area contributed by atoms with E-state index in [9.17, 15) is 4.39 Å². The Morgan fingerprint density at radius 1 is 1.50 bits per heavy atom. The molecule has 2 rings (SSSR count). The Morgan fingerprint density at radius 3 is 2.75 bits per heavy atom. The van der Waals surface area contributed by atoms with Crippen LogP contribution in [-0.2, 0) is 6.42 Å². The van der Waals surface area contributed by atoms with Crippen LogP contribution in [0.3, 0.4) is 0 Å². The molecule has 0 aromatic heterocycles. The van der Waals surface area contributed by atoms with Crippen LogP contribution in [-0.4, -0.2) is 18.3 Å². The fourth-order valence-corrected chi connectivity index (χ4v) is 2.54. The lowest BCUT2D eigenvalue weighted by Gasteiger charge is -2.16. The van der Waals surface area contributed by atoms with Gasteiger partial charge in [0, 0.05) is 24.0 Å². The third-order valence-electron chi connectivity index (χ3n) is 3.46. The topological polar surface area (TPSA) is 35.9 Å². The summed E-state index contributed by atoms with van der Waals surface area (Å²) in [5, 5.41) is 10.9. The predicted octanol–water partition coefficient (Wildman–Crippen LogP) is 4.55. The van der Waals surface area contributed by atoms with Crippen molar-refractivity contribution in [1.82, 2.24) is 0 Å². The molecule has 1 aromatic rings. The van der Waals surface area contributed by atoms with Crippen LogP contribution in [0.4, 0.5) is 10.1 Å². The van der Waals surface area contributed by atoms with Crippen LogP contribution in [0.25, 0.3) is 0 Å². The molecule has 2 nitrogen and oxygen atoms in total. The number of nitrogens with one attached hydrogen (secondary N) is 2. The van der Waals surface area contributed by atoms with Crippen molar-refractivity contribution in [2.75, 3.05) is 11.2 Å². The van der Waals surface area contributed by atoms with Gasteiger partial charge in [-0.3, -0.25) is 0 Å². The van der Waals surface area contributed by atoms with Crippen molar-refractivity contribution in [2.24, 2.45) is 5.92 Å². The molecule has 1 fully saturated rings. The molecular formula is C16H20ClFN2. The first kappa shape index (κ1) is 15.0. The third kappa shape index (κ3) is 3.83. The summed E-state index contributed by atoms with van der Waals surface area (Å²) in [5.41, 5.74) is 3.66. The SMILES string of the molecule is CC(F)Cc1ccccc1N/C(CCl)=C(\C=N)C1CC1. The van der Waals surface area contributed by atoms with E-state index in [1.54, 1.807) is 6.92 Å². The highest BCUT2D eigenvalue weighted by Gasteiger charge is 2.27. The number of rotatable bonds is 7. The Bertz CT molecular complexity index is 507. The summed E-state index contributed by atoms with van der Waals surface area (Å²) in [6, 6.07) is 7.68. The van der Waals surface area contributed by atoms with Gasteiger partial charge in [0.15, 0.2) is 0 Å². The zero-order valence-corrected chi connectivity index (χ0v) is 12.4. The second-order valence-corrected chi connectivity index (χ2v) is 5.52. The molecule has 0 radical (unpaired) electrons. The largest absolute Gasteiger partial charge is 0.357 e. The van der Waals surface area contributed by atoms with Gasteiger partial charge in [0.25, 0.3) is 0 Å². The molecule has 1 aliphatic carbocycles. The average Bonchev–Trinajstić information content (AvgIpc) is 3.24. The smallest absolute Gasteiger partial charge is 0.101 e. The van der Waals surface area contributed by atoms with Gasteiger partial charge in [0.05, 0.1) is 5.88 Å². The normalized spacial score (nSPS) is 17.4. The third-order valence-corrected chi connectivity index (χ3v) is 3.73. The average molecular weight is 295 g/mol. The molecule has 1 aromatic carbocycles. The Hall–Kier alpha value is -1.35. The summed E-state index contributed by atoms with van der Waals surface area (Å²) in [6.07, 6.45) is 3.13. The summed E-state index contributed by atoms with van der Waals surface area (Å²) in [4.78, 5) is 0. The molecule has 0 amide bonds.